The molecule has 7 heteroatoms. The Kier molecular flexibility index (Phi) is 6.98. The summed E-state index contributed by atoms with van der Waals surface area (Å²) in [5, 5.41) is 11.6. The first kappa shape index (κ1) is 17.3. The lowest BCUT2D eigenvalue weighted by Gasteiger charge is -2.30. The van der Waals surface area contributed by atoms with Gasteiger partial charge in [-0.25, -0.2) is 4.79 Å². The first-order valence-electron chi connectivity index (χ1n) is 7.37. The molecule has 120 valence electrons. The van der Waals surface area contributed by atoms with Gasteiger partial charge in [0.05, 0.1) is 18.4 Å². The highest BCUT2D eigenvalue weighted by molar-refractivity contribution is 5.75. The number of rotatable bonds is 6. The monoisotopic (exact) mass is 300 g/mol. The minimum atomic E-state index is -0.799. The fourth-order valence-corrected chi connectivity index (χ4v) is 2.06. The number of urea groups is 1. The van der Waals surface area contributed by atoms with Gasteiger partial charge in [-0.1, -0.05) is 13.8 Å². The van der Waals surface area contributed by atoms with Crippen molar-refractivity contribution in [3.63, 3.8) is 0 Å². The summed E-state index contributed by atoms with van der Waals surface area (Å²) in [6.45, 7) is 5.01. The topological polar surface area (TPSA) is 95.9 Å². The zero-order chi connectivity index (χ0) is 15.8. The van der Waals surface area contributed by atoms with E-state index in [0.717, 1.165) is 6.42 Å². The molecule has 1 fully saturated rings. The van der Waals surface area contributed by atoms with Crippen LogP contribution in [0.1, 0.15) is 33.1 Å². The molecule has 7 nitrogen and oxygen atoms in total. The molecular weight excluding hydrogens is 276 g/mol. The van der Waals surface area contributed by atoms with Crippen molar-refractivity contribution in [2.75, 3.05) is 26.2 Å². The van der Waals surface area contributed by atoms with Crippen molar-refractivity contribution in [2.45, 2.75) is 33.1 Å². The van der Waals surface area contributed by atoms with Crippen molar-refractivity contribution in [3.05, 3.63) is 0 Å². The number of carbonyl (C=O) groups is 3. The van der Waals surface area contributed by atoms with Crippen molar-refractivity contribution in [3.8, 4) is 0 Å². The van der Waals surface area contributed by atoms with Crippen molar-refractivity contribution in [1.29, 1.82) is 0 Å². The molecule has 0 unspecified atom stereocenters. The third-order valence-corrected chi connectivity index (χ3v) is 3.77. The predicted molar refractivity (Wildman–Crippen MR) is 75.7 cm³/mol. The van der Waals surface area contributed by atoms with E-state index in [1.165, 1.54) is 0 Å². The number of carboxylic acids is 1. The van der Waals surface area contributed by atoms with E-state index in [1.807, 2.05) is 6.92 Å². The zero-order valence-corrected chi connectivity index (χ0v) is 12.6. The first-order valence-corrected chi connectivity index (χ1v) is 7.37. The average Bonchev–Trinajstić information content (AvgIpc) is 2.50. The van der Waals surface area contributed by atoms with Crippen molar-refractivity contribution in [1.82, 2.24) is 10.2 Å². The van der Waals surface area contributed by atoms with Crippen LogP contribution in [0.25, 0.3) is 0 Å². The molecule has 1 atom stereocenters. The predicted octanol–water partition coefficient (Wildman–Crippen LogP) is 1.08. The minimum absolute atomic E-state index is 0.129. The zero-order valence-electron chi connectivity index (χ0n) is 12.6. The molecule has 21 heavy (non-hydrogen) atoms. The number of hydrogen-bond donors (Lipinski definition) is 2. The Morgan fingerprint density at radius 2 is 1.95 bits per heavy atom. The summed E-state index contributed by atoms with van der Waals surface area (Å²) in [6.07, 6.45) is 1.68. The Morgan fingerprint density at radius 3 is 2.48 bits per heavy atom. The van der Waals surface area contributed by atoms with E-state index in [1.54, 1.807) is 11.8 Å². The van der Waals surface area contributed by atoms with Crippen LogP contribution in [0.15, 0.2) is 0 Å². The fourth-order valence-electron chi connectivity index (χ4n) is 2.06. The highest BCUT2D eigenvalue weighted by Gasteiger charge is 2.26. The number of piperidine rings is 1. The molecule has 1 aliphatic heterocycles. The van der Waals surface area contributed by atoms with Gasteiger partial charge in [0.25, 0.3) is 0 Å². The Morgan fingerprint density at radius 1 is 1.33 bits per heavy atom. The second kappa shape index (κ2) is 8.49. The Bertz CT molecular complexity index is 378. The largest absolute Gasteiger partial charge is 0.481 e. The summed E-state index contributed by atoms with van der Waals surface area (Å²) < 4.78 is 5.03. The van der Waals surface area contributed by atoms with Crippen molar-refractivity contribution >= 4 is 18.0 Å². The second-order valence-electron chi connectivity index (χ2n) is 5.31. The number of ether oxygens (including phenoxy) is 1. The number of amides is 2. The number of nitrogens with zero attached hydrogens (tertiary/aromatic N) is 1. The van der Waals surface area contributed by atoms with Crippen molar-refractivity contribution < 1.29 is 24.2 Å². The minimum Gasteiger partial charge on any atom is -0.481 e. The van der Waals surface area contributed by atoms with Gasteiger partial charge in [-0.2, -0.15) is 0 Å². The quantitative estimate of drug-likeness (QED) is 0.565. The lowest BCUT2D eigenvalue weighted by molar-refractivity contribution is -0.147. The van der Waals surface area contributed by atoms with Gasteiger partial charge in [-0.05, 0) is 19.3 Å². The number of nitrogens with one attached hydrogen (secondary N) is 1. The molecule has 0 bridgehead atoms. The fraction of sp³-hybridized carbons (Fsp3) is 0.786. The molecule has 0 aromatic heterocycles. The maximum Gasteiger partial charge on any atom is 0.317 e. The molecule has 0 aliphatic carbocycles. The Labute approximate surface area is 124 Å². The molecule has 1 heterocycles. The number of aliphatic carboxylic acids is 1. The van der Waals surface area contributed by atoms with E-state index in [2.05, 4.69) is 5.32 Å². The molecule has 0 saturated carbocycles. The number of esters is 1. The normalized spacial score (nSPS) is 17.1. The van der Waals surface area contributed by atoms with Gasteiger partial charge in [0, 0.05) is 13.1 Å². The standard InChI is InChI=1S/C14H24N2O5/c1-3-10(2)13(19)21-9-6-15-14(20)16-7-4-11(5-8-16)12(17)18/h10-11H,3-9H2,1-2H3,(H,15,20)(H,17,18)/t10-/m1/s1. The highest BCUT2D eigenvalue weighted by atomic mass is 16.5. The van der Waals surface area contributed by atoms with Gasteiger partial charge < -0.3 is 20.1 Å². The molecule has 2 N–H and O–H groups in total. The van der Waals surface area contributed by atoms with E-state index in [9.17, 15) is 14.4 Å². The van der Waals surface area contributed by atoms with Gasteiger partial charge in [0.2, 0.25) is 0 Å². The lowest BCUT2D eigenvalue weighted by atomic mass is 9.97. The van der Waals surface area contributed by atoms with Crippen LogP contribution in [0.3, 0.4) is 0 Å². The molecule has 1 saturated heterocycles. The summed E-state index contributed by atoms with van der Waals surface area (Å²) >= 11 is 0. The Hall–Kier alpha value is -1.79. The van der Waals surface area contributed by atoms with E-state index in [4.69, 9.17) is 9.84 Å². The van der Waals surface area contributed by atoms with Crippen LogP contribution in [0.2, 0.25) is 0 Å². The van der Waals surface area contributed by atoms with E-state index in [0.29, 0.717) is 25.9 Å². The van der Waals surface area contributed by atoms with Crippen LogP contribution in [0.5, 0.6) is 0 Å². The summed E-state index contributed by atoms with van der Waals surface area (Å²) in [4.78, 5) is 35.7. The van der Waals surface area contributed by atoms with E-state index >= 15 is 0 Å². The van der Waals surface area contributed by atoms with Crippen LogP contribution < -0.4 is 5.32 Å². The highest BCUT2D eigenvalue weighted by Crippen LogP contribution is 2.17. The Balaban J connectivity index is 2.17. The number of carbonyl (C=O) groups excluding carboxylic acids is 2. The first-order chi connectivity index (χ1) is 9.95. The van der Waals surface area contributed by atoms with Crippen LogP contribution in [0.4, 0.5) is 4.79 Å². The number of carboxylic acid groups (broad SMARTS) is 1. The van der Waals surface area contributed by atoms with Gasteiger partial charge in [-0.3, -0.25) is 9.59 Å². The molecule has 1 aliphatic rings. The van der Waals surface area contributed by atoms with E-state index < -0.39 is 5.97 Å². The average molecular weight is 300 g/mol. The van der Waals surface area contributed by atoms with Gasteiger partial charge in [0.15, 0.2) is 0 Å². The third-order valence-electron chi connectivity index (χ3n) is 3.77. The van der Waals surface area contributed by atoms with Crippen LogP contribution in [-0.2, 0) is 14.3 Å². The summed E-state index contributed by atoms with van der Waals surface area (Å²) in [6, 6.07) is -0.238. The molecular formula is C14H24N2O5. The van der Waals surface area contributed by atoms with Crippen molar-refractivity contribution in [2.24, 2.45) is 11.8 Å². The smallest absolute Gasteiger partial charge is 0.317 e. The molecule has 0 aromatic rings. The summed E-state index contributed by atoms with van der Waals surface area (Å²) in [7, 11) is 0. The van der Waals surface area contributed by atoms with E-state index in [-0.39, 0.29) is 37.0 Å². The van der Waals surface area contributed by atoms with Crippen LogP contribution in [0, 0.1) is 11.8 Å². The summed E-state index contributed by atoms with van der Waals surface area (Å²) in [5.74, 6) is -1.54. The third kappa shape index (κ3) is 5.61. The van der Waals surface area contributed by atoms with Gasteiger partial charge in [-0.15, -0.1) is 0 Å². The lowest BCUT2D eigenvalue weighted by Crippen LogP contribution is -2.46. The maximum atomic E-state index is 11.8. The molecule has 0 spiro atoms. The van der Waals surface area contributed by atoms with Gasteiger partial charge in [0.1, 0.15) is 6.61 Å². The van der Waals surface area contributed by atoms with Crippen LogP contribution >= 0.6 is 0 Å². The van der Waals surface area contributed by atoms with Gasteiger partial charge >= 0.3 is 18.0 Å². The van der Waals surface area contributed by atoms with Crippen LogP contribution in [-0.4, -0.2) is 54.2 Å². The molecule has 1 rings (SSSR count). The SMILES string of the molecule is CC[C@@H](C)C(=O)OCCNC(=O)N1CCC(C(=O)O)CC1. The molecule has 0 aromatic carbocycles. The number of hydrogen-bond acceptors (Lipinski definition) is 4. The molecule has 2 amide bonds. The maximum absolute atomic E-state index is 11.8. The summed E-state index contributed by atoms with van der Waals surface area (Å²) in [5.41, 5.74) is 0. The molecule has 0 radical (unpaired) electrons. The second-order valence-corrected chi connectivity index (χ2v) is 5.31. The number of likely N-dealkylation sites (tertiary alicyclic amines) is 1.